The number of hydrogen-bond acceptors (Lipinski definition) is 7. The Kier molecular flexibility index (Phi) is 3.42. The van der Waals surface area contributed by atoms with Crippen molar-refractivity contribution in [3.63, 3.8) is 0 Å². The number of fused-ring (bicyclic) bond motifs is 1. The van der Waals surface area contributed by atoms with Gasteiger partial charge in [0.1, 0.15) is 12.2 Å². The van der Waals surface area contributed by atoms with Gasteiger partial charge in [-0.3, -0.25) is 4.99 Å². The lowest BCUT2D eigenvalue weighted by Crippen LogP contribution is -2.49. The van der Waals surface area contributed by atoms with Crippen molar-refractivity contribution in [2.24, 2.45) is 20.0 Å². The Hall–Kier alpha value is -1.76. The molecule has 2 fully saturated rings. The zero-order valence-electron chi connectivity index (χ0n) is 12.1. The van der Waals surface area contributed by atoms with Gasteiger partial charge in [0.15, 0.2) is 11.9 Å². The third kappa shape index (κ3) is 2.46. The Bertz CT molecular complexity index is 526. The SMILES string of the molecule is C1=NC2C(=N1)N=C(N1CCOCC1)N=C2N1CCCCC1. The first-order valence-electron chi connectivity index (χ1n) is 7.76. The predicted octanol–water partition coefficient (Wildman–Crippen LogP) is 0.382. The van der Waals surface area contributed by atoms with E-state index in [0.29, 0.717) is 0 Å². The molecule has 4 heterocycles. The minimum absolute atomic E-state index is 0.0899. The maximum absolute atomic E-state index is 5.41. The Labute approximate surface area is 124 Å². The highest BCUT2D eigenvalue weighted by atomic mass is 16.5. The fourth-order valence-corrected chi connectivity index (χ4v) is 3.13. The van der Waals surface area contributed by atoms with E-state index >= 15 is 0 Å². The van der Waals surface area contributed by atoms with Crippen LogP contribution in [0.15, 0.2) is 20.0 Å². The monoisotopic (exact) mass is 288 g/mol. The van der Waals surface area contributed by atoms with Gasteiger partial charge in [0.25, 0.3) is 0 Å². The molecule has 0 N–H and O–H groups in total. The van der Waals surface area contributed by atoms with Crippen molar-refractivity contribution in [2.45, 2.75) is 25.3 Å². The first kappa shape index (κ1) is 12.9. The molecule has 0 aromatic rings. The van der Waals surface area contributed by atoms with Crippen molar-refractivity contribution >= 4 is 24.0 Å². The third-order valence-electron chi connectivity index (χ3n) is 4.30. The Morgan fingerprint density at radius 3 is 2.57 bits per heavy atom. The molecule has 0 aromatic carbocycles. The summed E-state index contributed by atoms with van der Waals surface area (Å²) in [5.41, 5.74) is 0. The van der Waals surface area contributed by atoms with Crippen LogP contribution in [0.25, 0.3) is 0 Å². The minimum Gasteiger partial charge on any atom is -0.378 e. The summed E-state index contributed by atoms with van der Waals surface area (Å²) in [7, 11) is 0. The Balaban J connectivity index is 1.62. The Morgan fingerprint density at radius 2 is 1.76 bits per heavy atom. The largest absolute Gasteiger partial charge is 0.378 e. The van der Waals surface area contributed by atoms with E-state index in [1.807, 2.05) is 0 Å². The van der Waals surface area contributed by atoms with Crippen LogP contribution < -0.4 is 0 Å². The average Bonchev–Trinajstić information content (AvgIpc) is 3.04. The van der Waals surface area contributed by atoms with Gasteiger partial charge in [-0.2, -0.15) is 9.98 Å². The van der Waals surface area contributed by atoms with Gasteiger partial charge in [-0.25, -0.2) is 4.99 Å². The molecule has 4 aliphatic heterocycles. The summed E-state index contributed by atoms with van der Waals surface area (Å²) >= 11 is 0. The molecule has 0 bridgehead atoms. The lowest BCUT2D eigenvalue weighted by Gasteiger charge is -2.35. The number of hydrogen-bond donors (Lipinski definition) is 0. The maximum Gasteiger partial charge on any atom is 0.229 e. The van der Waals surface area contributed by atoms with Crippen LogP contribution in [0.3, 0.4) is 0 Å². The van der Waals surface area contributed by atoms with Crippen LogP contribution in [0.1, 0.15) is 19.3 Å². The van der Waals surface area contributed by atoms with Gasteiger partial charge in [-0.05, 0) is 19.3 Å². The van der Waals surface area contributed by atoms with Crippen molar-refractivity contribution in [3.8, 4) is 0 Å². The molecule has 0 amide bonds. The van der Waals surface area contributed by atoms with Crippen molar-refractivity contribution < 1.29 is 4.74 Å². The van der Waals surface area contributed by atoms with E-state index in [1.54, 1.807) is 6.34 Å². The number of ether oxygens (including phenoxy) is 1. The van der Waals surface area contributed by atoms with E-state index in [-0.39, 0.29) is 6.04 Å². The molecule has 0 radical (unpaired) electrons. The first-order chi connectivity index (χ1) is 10.4. The van der Waals surface area contributed by atoms with E-state index in [0.717, 1.165) is 57.0 Å². The zero-order chi connectivity index (χ0) is 14.1. The van der Waals surface area contributed by atoms with E-state index in [1.165, 1.54) is 19.3 Å². The van der Waals surface area contributed by atoms with Gasteiger partial charge in [0.05, 0.1) is 13.2 Å². The normalized spacial score (nSPS) is 29.0. The number of amidine groups is 2. The zero-order valence-corrected chi connectivity index (χ0v) is 12.1. The van der Waals surface area contributed by atoms with Crippen LogP contribution >= 0.6 is 0 Å². The van der Waals surface area contributed by atoms with Crippen molar-refractivity contribution in [1.82, 2.24) is 9.80 Å². The second-order valence-corrected chi connectivity index (χ2v) is 5.68. The van der Waals surface area contributed by atoms with Gasteiger partial charge in [-0.1, -0.05) is 0 Å². The molecule has 1 unspecified atom stereocenters. The van der Waals surface area contributed by atoms with Crippen LogP contribution in [0.2, 0.25) is 0 Å². The fraction of sp³-hybridized carbons (Fsp3) is 0.714. The highest BCUT2D eigenvalue weighted by Gasteiger charge is 2.34. The minimum atomic E-state index is -0.0899. The van der Waals surface area contributed by atoms with Crippen LogP contribution in [0.4, 0.5) is 0 Å². The van der Waals surface area contributed by atoms with Gasteiger partial charge < -0.3 is 14.5 Å². The molecule has 0 spiro atoms. The summed E-state index contributed by atoms with van der Waals surface area (Å²) in [6.07, 6.45) is 5.38. The molecular formula is C14H20N6O. The quantitative estimate of drug-likeness (QED) is 0.647. The number of nitrogens with zero attached hydrogens (tertiary/aromatic N) is 6. The highest BCUT2D eigenvalue weighted by Crippen LogP contribution is 2.19. The van der Waals surface area contributed by atoms with Gasteiger partial charge in [0, 0.05) is 26.2 Å². The van der Waals surface area contributed by atoms with Gasteiger partial charge >= 0.3 is 0 Å². The van der Waals surface area contributed by atoms with E-state index in [2.05, 4.69) is 24.8 Å². The Morgan fingerprint density at radius 1 is 0.952 bits per heavy atom. The van der Waals surface area contributed by atoms with Crippen molar-refractivity contribution in [1.29, 1.82) is 0 Å². The van der Waals surface area contributed by atoms with Crippen LogP contribution in [0.5, 0.6) is 0 Å². The molecule has 4 aliphatic rings. The molecule has 21 heavy (non-hydrogen) atoms. The molecule has 0 saturated carbocycles. The van der Waals surface area contributed by atoms with E-state index in [9.17, 15) is 0 Å². The second kappa shape index (κ2) is 5.55. The summed E-state index contributed by atoms with van der Waals surface area (Å²) in [6, 6.07) is -0.0899. The predicted molar refractivity (Wildman–Crippen MR) is 82.4 cm³/mol. The molecule has 4 rings (SSSR count). The molecule has 7 heteroatoms. The molecule has 1 atom stereocenters. The van der Waals surface area contributed by atoms with Crippen molar-refractivity contribution in [3.05, 3.63) is 0 Å². The van der Waals surface area contributed by atoms with Gasteiger partial charge in [-0.15, -0.1) is 0 Å². The summed E-state index contributed by atoms with van der Waals surface area (Å²) in [6.45, 7) is 5.28. The smallest absolute Gasteiger partial charge is 0.229 e. The molecular weight excluding hydrogens is 268 g/mol. The summed E-state index contributed by atoms with van der Waals surface area (Å²) in [5, 5.41) is 0. The second-order valence-electron chi connectivity index (χ2n) is 5.68. The van der Waals surface area contributed by atoms with E-state index in [4.69, 9.17) is 9.73 Å². The number of likely N-dealkylation sites (tertiary alicyclic amines) is 1. The number of piperidine rings is 1. The van der Waals surface area contributed by atoms with Gasteiger partial charge in [0.2, 0.25) is 5.96 Å². The number of morpholine rings is 1. The van der Waals surface area contributed by atoms with E-state index < -0.39 is 0 Å². The standard InChI is InChI=1S/C14H20N6O/c1-2-4-19(5-3-1)13-11-12(16-10-15-11)17-14(18-13)20-6-8-21-9-7-20/h10-11H,1-9H2. The first-order valence-corrected chi connectivity index (χ1v) is 7.76. The molecule has 0 aliphatic carbocycles. The lowest BCUT2D eigenvalue weighted by atomic mass is 10.1. The third-order valence-corrected chi connectivity index (χ3v) is 4.30. The van der Waals surface area contributed by atoms with Crippen LogP contribution in [-0.4, -0.2) is 79.2 Å². The number of guanidine groups is 1. The lowest BCUT2D eigenvalue weighted by molar-refractivity contribution is 0.0675. The topological polar surface area (TPSA) is 65.1 Å². The highest BCUT2D eigenvalue weighted by molar-refractivity contribution is 6.22. The average molecular weight is 288 g/mol. The summed E-state index contributed by atoms with van der Waals surface area (Å²) in [5.74, 6) is 2.59. The fourth-order valence-electron chi connectivity index (χ4n) is 3.13. The summed E-state index contributed by atoms with van der Waals surface area (Å²) < 4.78 is 5.41. The van der Waals surface area contributed by atoms with Crippen LogP contribution in [0, 0.1) is 0 Å². The molecule has 0 aromatic heterocycles. The van der Waals surface area contributed by atoms with Crippen LogP contribution in [-0.2, 0) is 4.74 Å². The molecule has 7 nitrogen and oxygen atoms in total. The number of rotatable bonds is 0. The number of aliphatic imine (C=N–C) groups is 4. The summed E-state index contributed by atoms with van der Waals surface area (Å²) in [4.78, 5) is 22.8. The molecule has 112 valence electrons. The maximum atomic E-state index is 5.41. The molecule has 2 saturated heterocycles. The van der Waals surface area contributed by atoms with Crippen molar-refractivity contribution in [2.75, 3.05) is 39.4 Å².